The smallest absolute Gasteiger partial charge is 0.0779 e. The topological polar surface area (TPSA) is 33.7 Å². The Kier molecular flexibility index (Phi) is 4.79. The third kappa shape index (κ3) is 4.21. The molecule has 0 spiro atoms. The van der Waals surface area contributed by atoms with Crippen molar-refractivity contribution in [1.82, 2.24) is 10.2 Å². The normalized spacial score (nSPS) is 32.8. The van der Waals surface area contributed by atoms with E-state index in [4.69, 9.17) is 9.47 Å². The van der Waals surface area contributed by atoms with Crippen molar-refractivity contribution in [3.63, 3.8) is 0 Å². The van der Waals surface area contributed by atoms with Crippen LogP contribution in [-0.4, -0.2) is 62.5 Å². The van der Waals surface area contributed by atoms with E-state index in [0.29, 0.717) is 6.04 Å². The average molecular weight is 242 g/mol. The van der Waals surface area contributed by atoms with E-state index in [9.17, 15) is 0 Å². The van der Waals surface area contributed by atoms with E-state index in [1.807, 2.05) is 0 Å². The summed E-state index contributed by atoms with van der Waals surface area (Å²) < 4.78 is 11.1. The molecule has 2 fully saturated rings. The second-order valence-corrected chi connectivity index (χ2v) is 5.60. The summed E-state index contributed by atoms with van der Waals surface area (Å²) in [6, 6.07) is 0.522. The first-order valence-corrected chi connectivity index (χ1v) is 6.85. The predicted octanol–water partition coefficient (Wildman–Crippen LogP) is 0.866. The van der Waals surface area contributed by atoms with Crippen LogP contribution in [0.15, 0.2) is 0 Å². The third-order valence-corrected chi connectivity index (χ3v) is 3.76. The highest BCUT2D eigenvalue weighted by atomic mass is 16.5. The van der Waals surface area contributed by atoms with Crippen molar-refractivity contribution < 1.29 is 9.47 Å². The average Bonchev–Trinajstić information content (AvgIpc) is 2.76. The molecule has 0 amide bonds. The van der Waals surface area contributed by atoms with Crippen molar-refractivity contribution in [3.8, 4) is 0 Å². The van der Waals surface area contributed by atoms with Gasteiger partial charge in [0.15, 0.2) is 0 Å². The molecule has 0 aliphatic carbocycles. The van der Waals surface area contributed by atoms with E-state index < -0.39 is 0 Å². The molecule has 0 aromatic rings. The molecule has 0 radical (unpaired) electrons. The Morgan fingerprint density at radius 1 is 1.29 bits per heavy atom. The summed E-state index contributed by atoms with van der Waals surface area (Å²) in [5.74, 6) is 0. The van der Waals surface area contributed by atoms with E-state index in [-0.39, 0.29) is 5.60 Å². The molecule has 2 heterocycles. The maximum atomic E-state index is 5.78. The van der Waals surface area contributed by atoms with Gasteiger partial charge in [-0.25, -0.2) is 0 Å². The van der Waals surface area contributed by atoms with E-state index in [1.165, 1.54) is 12.8 Å². The molecular formula is C13H26N2O2. The van der Waals surface area contributed by atoms with Gasteiger partial charge in [0.25, 0.3) is 0 Å². The van der Waals surface area contributed by atoms with Gasteiger partial charge in [-0.05, 0) is 26.7 Å². The first-order chi connectivity index (χ1) is 8.18. The minimum absolute atomic E-state index is 0.0687. The van der Waals surface area contributed by atoms with Gasteiger partial charge in [-0.15, -0.1) is 0 Å². The largest absolute Gasteiger partial charge is 0.379 e. The summed E-state index contributed by atoms with van der Waals surface area (Å²) in [5, 5.41) is 3.60. The van der Waals surface area contributed by atoms with Crippen LogP contribution in [0.25, 0.3) is 0 Å². The van der Waals surface area contributed by atoms with E-state index >= 15 is 0 Å². The standard InChI is InChI=1S/C13H26N2O2/c1-12(10-15-5-8-16-9-6-15)14-11-13(2)4-3-7-17-13/h12,14H,3-11H2,1-2H3. The quantitative estimate of drug-likeness (QED) is 0.775. The molecule has 0 aromatic heterocycles. The number of nitrogens with one attached hydrogen (secondary N) is 1. The Labute approximate surface area is 105 Å². The van der Waals surface area contributed by atoms with Gasteiger partial charge < -0.3 is 14.8 Å². The van der Waals surface area contributed by atoms with Crippen molar-refractivity contribution in [2.45, 2.75) is 38.3 Å². The van der Waals surface area contributed by atoms with Crippen molar-refractivity contribution >= 4 is 0 Å². The molecule has 100 valence electrons. The van der Waals surface area contributed by atoms with Gasteiger partial charge in [0, 0.05) is 38.8 Å². The van der Waals surface area contributed by atoms with Gasteiger partial charge in [0.05, 0.1) is 18.8 Å². The zero-order valence-corrected chi connectivity index (χ0v) is 11.2. The Hall–Kier alpha value is -0.160. The van der Waals surface area contributed by atoms with Crippen LogP contribution < -0.4 is 5.32 Å². The van der Waals surface area contributed by atoms with Crippen LogP contribution in [0.4, 0.5) is 0 Å². The Morgan fingerprint density at radius 3 is 2.71 bits per heavy atom. The van der Waals surface area contributed by atoms with Crippen LogP contribution in [0.2, 0.25) is 0 Å². The number of hydrogen-bond donors (Lipinski definition) is 1. The van der Waals surface area contributed by atoms with Crippen molar-refractivity contribution in [3.05, 3.63) is 0 Å². The maximum absolute atomic E-state index is 5.78. The molecule has 4 heteroatoms. The van der Waals surface area contributed by atoms with Crippen molar-refractivity contribution in [2.24, 2.45) is 0 Å². The van der Waals surface area contributed by atoms with Crippen LogP contribution in [0, 0.1) is 0 Å². The summed E-state index contributed by atoms with van der Waals surface area (Å²) in [7, 11) is 0. The molecule has 4 nitrogen and oxygen atoms in total. The molecule has 2 atom stereocenters. The highest BCUT2D eigenvalue weighted by Crippen LogP contribution is 2.23. The third-order valence-electron chi connectivity index (χ3n) is 3.76. The minimum Gasteiger partial charge on any atom is -0.379 e. The molecule has 2 rings (SSSR count). The second-order valence-electron chi connectivity index (χ2n) is 5.60. The summed E-state index contributed by atoms with van der Waals surface area (Å²) in [6.07, 6.45) is 2.39. The van der Waals surface area contributed by atoms with Gasteiger partial charge in [0.2, 0.25) is 0 Å². The minimum atomic E-state index is 0.0687. The number of nitrogens with zero attached hydrogens (tertiary/aromatic N) is 1. The molecule has 2 aliphatic rings. The van der Waals surface area contributed by atoms with E-state index in [2.05, 4.69) is 24.1 Å². The second kappa shape index (κ2) is 6.14. The predicted molar refractivity (Wildman–Crippen MR) is 68.3 cm³/mol. The van der Waals surface area contributed by atoms with Gasteiger partial charge in [-0.3, -0.25) is 4.90 Å². The molecule has 0 bridgehead atoms. The number of ether oxygens (including phenoxy) is 2. The van der Waals surface area contributed by atoms with E-state index in [1.54, 1.807) is 0 Å². The van der Waals surface area contributed by atoms with Crippen LogP contribution in [0.1, 0.15) is 26.7 Å². The zero-order chi connectivity index (χ0) is 12.1. The molecule has 0 saturated carbocycles. The zero-order valence-electron chi connectivity index (χ0n) is 11.2. The lowest BCUT2D eigenvalue weighted by Crippen LogP contribution is -2.48. The fourth-order valence-electron chi connectivity index (χ4n) is 2.60. The molecule has 1 N–H and O–H groups in total. The molecule has 2 aliphatic heterocycles. The SMILES string of the molecule is CC(CN1CCOCC1)NCC1(C)CCCO1. The summed E-state index contributed by atoms with van der Waals surface area (Å²) >= 11 is 0. The fraction of sp³-hybridized carbons (Fsp3) is 1.00. The number of rotatable bonds is 5. The van der Waals surface area contributed by atoms with Gasteiger partial charge in [-0.2, -0.15) is 0 Å². The van der Waals surface area contributed by atoms with Crippen LogP contribution in [0.5, 0.6) is 0 Å². The lowest BCUT2D eigenvalue weighted by Gasteiger charge is -2.31. The van der Waals surface area contributed by atoms with Crippen molar-refractivity contribution in [1.29, 1.82) is 0 Å². The first-order valence-electron chi connectivity index (χ1n) is 6.85. The van der Waals surface area contributed by atoms with Gasteiger partial charge >= 0.3 is 0 Å². The number of hydrogen-bond acceptors (Lipinski definition) is 4. The lowest BCUT2D eigenvalue weighted by molar-refractivity contribution is 0.0136. The molecule has 0 aromatic carbocycles. The van der Waals surface area contributed by atoms with Crippen molar-refractivity contribution in [2.75, 3.05) is 46.0 Å². The summed E-state index contributed by atoms with van der Waals surface area (Å²) in [6.45, 7) is 11.4. The van der Waals surface area contributed by atoms with Crippen LogP contribution in [-0.2, 0) is 9.47 Å². The van der Waals surface area contributed by atoms with Gasteiger partial charge in [0.1, 0.15) is 0 Å². The molecule has 2 saturated heterocycles. The lowest BCUT2D eigenvalue weighted by atomic mass is 10.0. The Bertz CT molecular complexity index is 223. The van der Waals surface area contributed by atoms with Gasteiger partial charge in [-0.1, -0.05) is 0 Å². The Morgan fingerprint density at radius 2 is 2.06 bits per heavy atom. The molecular weight excluding hydrogens is 216 g/mol. The monoisotopic (exact) mass is 242 g/mol. The first kappa shape index (κ1) is 13.3. The van der Waals surface area contributed by atoms with Crippen LogP contribution in [0.3, 0.4) is 0 Å². The van der Waals surface area contributed by atoms with Crippen LogP contribution >= 0.6 is 0 Å². The molecule has 2 unspecified atom stereocenters. The Balaban J connectivity index is 1.64. The maximum Gasteiger partial charge on any atom is 0.0779 e. The van der Waals surface area contributed by atoms with E-state index in [0.717, 1.165) is 46.0 Å². The summed E-state index contributed by atoms with van der Waals surface area (Å²) in [5.41, 5.74) is 0.0687. The summed E-state index contributed by atoms with van der Waals surface area (Å²) in [4.78, 5) is 2.47. The molecule has 17 heavy (non-hydrogen) atoms. The highest BCUT2D eigenvalue weighted by Gasteiger charge is 2.29. The number of morpholine rings is 1. The highest BCUT2D eigenvalue weighted by molar-refractivity contribution is 4.84. The fourth-order valence-corrected chi connectivity index (χ4v) is 2.60.